The van der Waals surface area contributed by atoms with Gasteiger partial charge in [0, 0.05) is 20.2 Å². The number of nitrogens with zero attached hydrogens (tertiary/aromatic N) is 2. The molecule has 0 saturated heterocycles. The van der Waals surface area contributed by atoms with Gasteiger partial charge >= 0.3 is 17.3 Å². The molecule has 0 aliphatic rings. The van der Waals surface area contributed by atoms with Crippen LogP contribution in [0.15, 0.2) is 21.7 Å². The van der Waals surface area contributed by atoms with E-state index in [9.17, 15) is 23.2 Å². The number of nitrogens with one attached hydrogen (secondary N) is 2. The Kier molecular flexibility index (Phi) is 7.88. The number of rotatable bonds is 7. The van der Waals surface area contributed by atoms with Crippen LogP contribution in [0.25, 0.3) is 0 Å². The van der Waals surface area contributed by atoms with Gasteiger partial charge in [0.2, 0.25) is 5.75 Å². The molecule has 0 radical (unpaired) electrons. The second-order valence-electron chi connectivity index (χ2n) is 5.89. The van der Waals surface area contributed by atoms with Gasteiger partial charge in [0.05, 0.1) is 15.9 Å². The summed E-state index contributed by atoms with van der Waals surface area (Å²) < 4.78 is 34.4. The second-order valence-corrected chi connectivity index (χ2v) is 7.06. The zero-order valence-electron chi connectivity index (χ0n) is 15.6. The molecule has 4 N–H and O–H groups in total. The summed E-state index contributed by atoms with van der Waals surface area (Å²) in [6.45, 7) is -1.10. The molecule has 14 heteroatoms. The van der Waals surface area contributed by atoms with Crippen molar-refractivity contribution in [2.45, 2.75) is 6.10 Å². The number of carbonyl (C=O) groups excluding carboxylic acids is 1. The first kappa shape index (κ1) is 23.7. The molecule has 0 saturated carbocycles. The highest BCUT2D eigenvalue weighted by Crippen LogP contribution is 2.27. The van der Waals surface area contributed by atoms with Crippen LogP contribution in [0.3, 0.4) is 0 Å². The van der Waals surface area contributed by atoms with Crippen LogP contribution in [0.4, 0.5) is 25.1 Å². The van der Waals surface area contributed by atoms with Crippen molar-refractivity contribution in [3.63, 3.8) is 0 Å². The van der Waals surface area contributed by atoms with E-state index in [1.165, 1.54) is 7.05 Å². The maximum Gasteiger partial charge on any atom is 0.437 e. The highest BCUT2D eigenvalue weighted by atomic mass is 127. The summed E-state index contributed by atoms with van der Waals surface area (Å²) in [5, 5.41) is 20.2. The first-order valence-corrected chi connectivity index (χ1v) is 9.24. The van der Waals surface area contributed by atoms with E-state index < -0.39 is 65.5 Å². The predicted molar refractivity (Wildman–Crippen MR) is 107 cm³/mol. The van der Waals surface area contributed by atoms with Gasteiger partial charge in [-0.2, -0.15) is 5.48 Å². The third-order valence-electron chi connectivity index (χ3n) is 3.72. The molecule has 1 amide bonds. The van der Waals surface area contributed by atoms with Crippen molar-refractivity contribution < 1.29 is 33.4 Å². The normalized spacial score (nSPS) is 11.8. The largest absolute Gasteiger partial charge is 0.437 e. The summed E-state index contributed by atoms with van der Waals surface area (Å²) in [5.74, 6) is -2.77. The molecule has 1 aromatic heterocycles. The van der Waals surface area contributed by atoms with Crippen molar-refractivity contribution in [1.29, 1.82) is 0 Å². The molecule has 11 nitrogen and oxygen atoms in total. The fourth-order valence-corrected chi connectivity index (χ4v) is 2.58. The second kappa shape index (κ2) is 9.96. The van der Waals surface area contributed by atoms with E-state index in [1.54, 1.807) is 28.1 Å². The lowest BCUT2D eigenvalue weighted by Crippen LogP contribution is -2.40. The fraction of sp³-hybridized carbons (Fsp3) is 0.312. The van der Waals surface area contributed by atoms with Crippen LogP contribution in [-0.4, -0.2) is 44.8 Å². The first-order valence-electron chi connectivity index (χ1n) is 8.16. The maximum absolute atomic E-state index is 14.2. The number of anilines is 2. The van der Waals surface area contributed by atoms with Gasteiger partial charge in [-0.1, -0.05) is 0 Å². The lowest BCUT2D eigenvalue weighted by Gasteiger charge is -2.17. The highest BCUT2D eigenvalue weighted by Gasteiger charge is 2.22. The standard InChI is InChI=1S/C16H17F2IN4O7/c1-22-13(20-11-4-8(17)10(19)3-9(11)18)12(14(26)23(2)16(22)28)30-15(27)21-29-6-7(25)5-24/h3-4,7,20,24-25H,5-6H2,1-2H3,(H,21,27)/t7-/m1/s1. The molecule has 1 atom stereocenters. The average molecular weight is 542 g/mol. The predicted octanol–water partition coefficient (Wildman–Crippen LogP) is 0.0836. The molecule has 0 aliphatic heterocycles. The molecular weight excluding hydrogens is 525 g/mol. The third-order valence-corrected chi connectivity index (χ3v) is 4.55. The Hall–Kier alpha value is -2.56. The fourth-order valence-electron chi connectivity index (χ4n) is 2.15. The van der Waals surface area contributed by atoms with Gasteiger partial charge in [-0.05, 0) is 28.7 Å². The van der Waals surface area contributed by atoms with E-state index in [-0.39, 0.29) is 3.57 Å². The number of halogens is 3. The summed E-state index contributed by atoms with van der Waals surface area (Å²) in [4.78, 5) is 41.2. The van der Waals surface area contributed by atoms with Crippen LogP contribution in [0.1, 0.15) is 0 Å². The van der Waals surface area contributed by atoms with Gasteiger partial charge in [-0.3, -0.25) is 18.8 Å². The Morgan fingerprint density at radius 3 is 2.53 bits per heavy atom. The number of carbonyl (C=O) groups is 1. The van der Waals surface area contributed by atoms with Crippen LogP contribution in [0, 0.1) is 15.2 Å². The summed E-state index contributed by atoms with van der Waals surface area (Å²) in [7, 11) is 2.34. The Morgan fingerprint density at radius 1 is 1.23 bits per heavy atom. The molecule has 30 heavy (non-hydrogen) atoms. The lowest BCUT2D eigenvalue weighted by molar-refractivity contribution is -0.0291. The molecule has 0 aliphatic carbocycles. The Balaban J connectivity index is 2.41. The molecule has 0 unspecified atom stereocenters. The van der Waals surface area contributed by atoms with Crippen LogP contribution in [0.5, 0.6) is 5.75 Å². The molecule has 0 fully saturated rings. The minimum Gasteiger partial charge on any atom is -0.399 e. The van der Waals surface area contributed by atoms with Crippen LogP contribution < -0.4 is 26.8 Å². The van der Waals surface area contributed by atoms with Crippen molar-refractivity contribution in [3.05, 3.63) is 48.2 Å². The van der Waals surface area contributed by atoms with Gasteiger partial charge in [0.15, 0.2) is 5.82 Å². The minimum atomic E-state index is -1.31. The number of aliphatic hydroxyl groups excluding tert-OH is 2. The molecular formula is C16H17F2IN4O7. The topological polar surface area (TPSA) is 144 Å². The smallest absolute Gasteiger partial charge is 0.399 e. The molecule has 0 spiro atoms. The number of benzene rings is 1. The van der Waals surface area contributed by atoms with E-state index in [0.717, 1.165) is 23.7 Å². The van der Waals surface area contributed by atoms with E-state index in [0.29, 0.717) is 4.57 Å². The lowest BCUT2D eigenvalue weighted by atomic mass is 10.3. The number of amides is 1. The zero-order valence-corrected chi connectivity index (χ0v) is 17.8. The van der Waals surface area contributed by atoms with E-state index >= 15 is 0 Å². The third kappa shape index (κ3) is 5.32. The summed E-state index contributed by atoms with van der Waals surface area (Å²) in [6.07, 6.45) is -2.58. The van der Waals surface area contributed by atoms with Crippen molar-refractivity contribution in [2.24, 2.45) is 14.1 Å². The van der Waals surface area contributed by atoms with E-state index in [4.69, 9.17) is 14.9 Å². The molecule has 0 bridgehead atoms. The van der Waals surface area contributed by atoms with Crippen molar-refractivity contribution in [3.8, 4) is 5.75 Å². The monoisotopic (exact) mass is 542 g/mol. The number of hydrogen-bond donors (Lipinski definition) is 4. The van der Waals surface area contributed by atoms with Crippen LogP contribution in [0.2, 0.25) is 0 Å². The van der Waals surface area contributed by atoms with Gasteiger partial charge < -0.3 is 20.3 Å². The van der Waals surface area contributed by atoms with Gasteiger partial charge in [0.25, 0.3) is 0 Å². The van der Waals surface area contributed by atoms with Crippen LogP contribution in [-0.2, 0) is 18.9 Å². The van der Waals surface area contributed by atoms with Gasteiger partial charge in [-0.25, -0.2) is 18.4 Å². The Bertz CT molecular complexity index is 1070. The van der Waals surface area contributed by atoms with Crippen molar-refractivity contribution >= 4 is 40.2 Å². The number of aliphatic hydroxyl groups is 2. The molecule has 1 aromatic carbocycles. The Labute approximate surface area is 180 Å². The van der Waals surface area contributed by atoms with Crippen LogP contribution >= 0.6 is 22.6 Å². The van der Waals surface area contributed by atoms with Crippen molar-refractivity contribution in [1.82, 2.24) is 14.6 Å². The maximum atomic E-state index is 14.2. The highest BCUT2D eigenvalue weighted by molar-refractivity contribution is 14.1. The number of ether oxygens (including phenoxy) is 1. The quantitative estimate of drug-likeness (QED) is 0.219. The molecule has 2 rings (SSSR count). The van der Waals surface area contributed by atoms with Crippen molar-refractivity contribution in [2.75, 3.05) is 18.5 Å². The average Bonchev–Trinajstić information content (AvgIpc) is 2.70. The number of hydroxylamine groups is 1. The minimum absolute atomic E-state index is 0.00609. The summed E-state index contributed by atoms with van der Waals surface area (Å²) in [6, 6.07) is 1.70. The Morgan fingerprint density at radius 2 is 1.90 bits per heavy atom. The molecule has 2 aromatic rings. The van der Waals surface area contributed by atoms with Gasteiger partial charge in [0.1, 0.15) is 24.3 Å². The summed E-state index contributed by atoms with van der Waals surface area (Å²) >= 11 is 1.59. The molecule has 1 heterocycles. The number of aromatic nitrogens is 2. The number of hydrogen-bond acceptors (Lipinski definition) is 8. The molecule has 164 valence electrons. The SMILES string of the molecule is Cn1c(Nc2cc(F)c(I)cc2F)c(OC(=O)NOC[C@H](O)CO)c(=O)n(C)c1=O. The van der Waals surface area contributed by atoms with E-state index in [2.05, 4.69) is 10.2 Å². The zero-order chi connectivity index (χ0) is 22.6. The summed E-state index contributed by atoms with van der Waals surface area (Å²) in [5.41, 5.74) is -0.521. The van der Waals surface area contributed by atoms with Gasteiger partial charge in [-0.15, -0.1) is 0 Å². The first-order chi connectivity index (χ1) is 14.1. The van der Waals surface area contributed by atoms with E-state index in [1.807, 2.05) is 0 Å².